The van der Waals surface area contributed by atoms with Crippen LogP contribution in [0.2, 0.25) is 0 Å². The molecule has 43 heavy (non-hydrogen) atoms. The van der Waals surface area contributed by atoms with Crippen LogP contribution in [0.25, 0.3) is 0 Å². The summed E-state index contributed by atoms with van der Waals surface area (Å²) in [5.41, 5.74) is 4.92. The summed E-state index contributed by atoms with van der Waals surface area (Å²) in [6, 6.07) is 38.9. The molecule has 1 aliphatic heterocycles. The fourth-order valence-electron chi connectivity index (χ4n) is 6.31. The molecule has 2 fully saturated rings. The highest BCUT2D eigenvalue weighted by atomic mass is 16.8. The van der Waals surface area contributed by atoms with Crippen molar-refractivity contribution in [2.75, 3.05) is 0 Å². The van der Waals surface area contributed by atoms with E-state index in [1.54, 1.807) is 0 Å². The molecule has 4 N–H and O–H groups in total. The summed E-state index contributed by atoms with van der Waals surface area (Å²) in [5.74, 6) is -0.872. The third kappa shape index (κ3) is 6.33. The van der Waals surface area contributed by atoms with Gasteiger partial charge in [0.1, 0.15) is 23.4 Å². The van der Waals surface area contributed by atoms with Gasteiger partial charge in [0.05, 0.1) is 0 Å². The summed E-state index contributed by atoms with van der Waals surface area (Å²) in [4.78, 5) is 0. The predicted molar refractivity (Wildman–Crippen MR) is 171 cm³/mol. The maximum atomic E-state index is 12.9. The fraction of sp³-hybridized carbons (Fsp3) is 0.368. The molecule has 2 aliphatic rings. The lowest BCUT2D eigenvalue weighted by Gasteiger charge is -2.42. The topological polar surface area (TPSA) is 84.9 Å². The lowest BCUT2D eigenvalue weighted by molar-refractivity contribution is -0.213. The maximum Gasteiger partial charge on any atom is 0.169 e. The van der Waals surface area contributed by atoms with Crippen LogP contribution in [0, 0.1) is 0 Å². The average Bonchev–Trinajstić information content (AvgIpc) is 3.45. The summed E-state index contributed by atoms with van der Waals surface area (Å²) in [5, 5.41) is 25.8. The van der Waals surface area contributed by atoms with Crippen LogP contribution in [-0.4, -0.2) is 34.2 Å². The molecule has 4 aromatic rings. The van der Waals surface area contributed by atoms with E-state index in [0.717, 1.165) is 38.5 Å². The van der Waals surface area contributed by atoms with Crippen molar-refractivity contribution in [3.8, 4) is 0 Å². The minimum absolute atomic E-state index is 0.384. The lowest BCUT2D eigenvalue weighted by atomic mass is 9.72. The molecule has 5 nitrogen and oxygen atoms in total. The molecular weight excluding hydrogens is 534 g/mol. The van der Waals surface area contributed by atoms with Gasteiger partial charge >= 0.3 is 0 Å². The highest BCUT2D eigenvalue weighted by Crippen LogP contribution is 2.53. The standard InChI is InChI=1S/C34H34O4.C4H11N/c35-33(26-16-6-1-7-17-26,27-18-8-2-9-19-27)30-31(38-32(37-30)24-14-5-15-25-32)34(36,28-20-10-3-11-21-28)29-22-12-4-13-23-29;1-3-4(2)5/h1-4,6-13,16-23,30-31,35-36H,5,14-15,24-25H2;4H,3,5H2,1-2H3/t30-,31-;4-/m10/s1. The van der Waals surface area contributed by atoms with Crippen LogP contribution >= 0.6 is 0 Å². The van der Waals surface area contributed by atoms with Gasteiger partial charge in [-0.25, -0.2) is 0 Å². The molecule has 0 amide bonds. The zero-order chi connectivity index (χ0) is 30.3. The van der Waals surface area contributed by atoms with Crippen molar-refractivity contribution in [3.63, 3.8) is 0 Å². The smallest absolute Gasteiger partial charge is 0.169 e. The molecule has 6 rings (SSSR count). The fourth-order valence-corrected chi connectivity index (χ4v) is 6.31. The van der Waals surface area contributed by atoms with Crippen LogP contribution in [0.4, 0.5) is 0 Å². The van der Waals surface area contributed by atoms with Gasteiger partial charge in [0.25, 0.3) is 0 Å². The summed E-state index contributed by atoms with van der Waals surface area (Å²) < 4.78 is 13.9. The molecule has 0 aromatic heterocycles. The normalized spacial score (nSPS) is 20.7. The summed E-state index contributed by atoms with van der Waals surface area (Å²) >= 11 is 0. The number of nitrogens with two attached hydrogens (primary N) is 1. The van der Waals surface area contributed by atoms with E-state index < -0.39 is 29.2 Å². The van der Waals surface area contributed by atoms with Crippen LogP contribution in [0.1, 0.15) is 74.6 Å². The SMILES string of the molecule is CC[C@H](C)N.OC(c1ccccc1)(c1ccccc1)[C@@H]1OC2(CCCCC2)O[C@H]1C(O)(c1ccccc1)c1ccccc1. The first-order chi connectivity index (χ1) is 20.8. The second kappa shape index (κ2) is 13.5. The first-order valence-electron chi connectivity index (χ1n) is 15.6. The Labute approximate surface area is 256 Å². The van der Waals surface area contributed by atoms with Gasteiger partial charge in [0.15, 0.2) is 5.79 Å². The highest BCUT2D eigenvalue weighted by Gasteiger charge is 2.63. The summed E-state index contributed by atoms with van der Waals surface area (Å²) in [6.07, 6.45) is 3.81. The lowest BCUT2D eigenvalue weighted by Crippen LogP contribution is -2.54. The Morgan fingerprint density at radius 1 is 0.628 bits per heavy atom. The monoisotopic (exact) mass is 579 g/mol. The van der Waals surface area contributed by atoms with E-state index in [2.05, 4.69) is 6.92 Å². The Bertz CT molecular complexity index is 1210. The van der Waals surface area contributed by atoms with Crippen LogP contribution in [-0.2, 0) is 20.7 Å². The molecule has 1 aliphatic carbocycles. The second-order valence-electron chi connectivity index (χ2n) is 11.9. The molecule has 0 unspecified atom stereocenters. The number of benzene rings is 4. The molecule has 4 aromatic carbocycles. The first-order valence-corrected chi connectivity index (χ1v) is 15.6. The molecule has 1 saturated heterocycles. The third-order valence-corrected chi connectivity index (χ3v) is 8.90. The van der Waals surface area contributed by atoms with Crippen molar-refractivity contribution in [2.24, 2.45) is 5.73 Å². The van der Waals surface area contributed by atoms with E-state index in [9.17, 15) is 10.2 Å². The van der Waals surface area contributed by atoms with Crippen LogP contribution in [0.3, 0.4) is 0 Å². The molecular formula is C38H45NO4. The van der Waals surface area contributed by atoms with Crippen molar-refractivity contribution in [3.05, 3.63) is 144 Å². The van der Waals surface area contributed by atoms with E-state index in [4.69, 9.17) is 15.2 Å². The van der Waals surface area contributed by atoms with E-state index in [-0.39, 0.29) is 0 Å². The number of ether oxygens (including phenoxy) is 2. The Hall–Kier alpha value is -3.32. The Kier molecular flexibility index (Phi) is 9.80. The van der Waals surface area contributed by atoms with Gasteiger partial charge in [-0.15, -0.1) is 0 Å². The molecule has 0 radical (unpaired) electrons. The summed E-state index contributed by atoms with van der Waals surface area (Å²) in [7, 11) is 0. The van der Waals surface area contributed by atoms with E-state index in [1.807, 2.05) is 128 Å². The largest absolute Gasteiger partial charge is 0.378 e. The van der Waals surface area contributed by atoms with E-state index in [0.29, 0.717) is 28.3 Å². The van der Waals surface area contributed by atoms with Gasteiger partial charge in [-0.3, -0.25) is 0 Å². The van der Waals surface area contributed by atoms with E-state index >= 15 is 0 Å². The van der Waals surface area contributed by atoms with Crippen molar-refractivity contribution < 1.29 is 19.7 Å². The zero-order valence-electron chi connectivity index (χ0n) is 25.3. The minimum Gasteiger partial charge on any atom is -0.378 e. The number of aliphatic hydroxyl groups is 2. The first kappa shape index (κ1) is 31.1. The van der Waals surface area contributed by atoms with Gasteiger partial charge in [0, 0.05) is 18.9 Å². The van der Waals surface area contributed by atoms with Crippen LogP contribution in [0.5, 0.6) is 0 Å². The van der Waals surface area contributed by atoms with Crippen LogP contribution < -0.4 is 5.73 Å². The molecule has 1 saturated carbocycles. The van der Waals surface area contributed by atoms with Crippen LogP contribution in [0.15, 0.2) is 121 Å². The van der Waals surface area contributed by atoms with Crippen molar-refractivity contribution >= 4 is 0 Å². The third-order valence-electron chi connectivity index (χ3n) is 8.90. The second-order valence-corrected chi connectivity index (χ2v) is 11.9. The minimum atomic E-state index is -1.58. The quantitative estimate of drug-likeness (QED) is 0.219. The van der Waals surface area contributed by atoms with Gasteiger partial charge in [-0.05, 0) is 48.4 Å². The van der Waals surface area contributed by atoms with E-state index in [1.165, 1.54) is 0 Å². The van der Waals surface area contributed by atoms with Crippen molar-refractivity contribution in [1.29, 1.82) is 0 Å². The molecule has 1 spiro atoms. The van der Waals surface area contributed by atoms with Gasteiger partial charge in [-0.2, -0.15) is 0 Å². The van der Waals surface area contributed by atoms with Gasteiger partial charge in [0.2, 0.25) is 0 Å². The van der Waals surface area contributed by atoms with Crippen molar-refractivity contribution in [2.45, 2.75) is 87.6 Å². The number of hydrogen-bond donors (Lipinski definition) is 3. The Morgan fingerprint density at radius 2 is 0.907 bits per heavy atom. The average molecular weight is 580 g/mol. The Morgan fingerprint density at radius 3 is 1.16 bits per heavy atom. The molecule has 5 heteroatoms. The molecule has 3 atom stereocenters. The van der Waals surface area contributed by atoms with Crippen molar-refractivity contribution in [1.82, 2.24) is 0 Å². The van der Waals surface area contributed by atoms with Gasteiger partial charge in [-0.1, -0.05) is 135 Å². The molecule has 0 bridgehead atoms. The maximum absolute atomic E-state index is 12.9. The highest BCUT2D eigenvalue weighted by molar-refractivity contribution is 5.43. The van der Waals surface area contributed by atoms with Gasteiger partial charge < -0.3 is 25.4 Å². The number of rotatable bonds is 7. The molecule has 1 heterocycles. The predicted octanol–water partition coefficient (Wildman–Crippen LogP) is 7.05. The number of hydrogen-bond acceptors (Lipinski definition) is 5. The summed E-state index contributed by atoms with van der Waals surface area (Å²) in [6.45, 7) is 4.07. The zero-order valence-corrected chi connectivity index (χ0v) is 25.3. The Balaban J connectivity index is 0.000000682. The molecule has 226 valence electrons.